The molecule has 0 aliphatic heterocycles. The summed E-state index contributed by atoms with van der Waals surface area (Å²) in [6, 6.07) is 10.1. The zero-order valence-electron chi connectivity index (χ0n) is 12.4. The average Bonchev–Trinajstić information content (AvgIpc) is 3.12. The maximum Gasteiger partial charge on any atom is 0.0478 e. The lowest BCUT2D eigenvalue weighted by atomic mass is 9.83. The first kappa shape index (κ1) is 13.1. The van der Waals surface area contributed by atoms with Crippen molar-refractivity contribution < 1.29 is 0 Å². The monoisotopic (exact) mass is 258 g/mol. The number of benzene rings is 1. The summed E-state index contributed by atoms with van der Waals surface area (Å²) in [5.74, 6) is 1.89. The van der Waals surface area contributed by atoms with E-state index in [2.05, 4.69) is 55.5 Å². The average molecular weight is 258 g/mol. The Bertz CT molecular complexity index is 443. The molecule has 2 heteroatoms. The van der Waals surface area contributed by atoms with Crippen LogP contribution in [0.2, 0.25) is 0 Å². The van der Waals surface area contributed by atoms with Crippen molar-refractivity contribution in [1.82, 2.24) is 10.2 Å². The highest BCUT2D eigenvalue weighted by Crippen LogP contribution is 2.40. The van der Waals surface area contributed by atoms with E-state index in [-0.39, 0.29) is 0 Å². The Morgan fingerprint density at radius 3 is 2.74 bits per heavy atom. The van der Waals surface area contributed by atoms with Crippen molar-refractivity contribution in [2.24, 2.45) is 11.8 Å². The lowest BCUT2D eigenvalue weighted by Gasteiger charge is -2.39. The summed E-state index contributed by atoms with van der Waals surface area (Å²) < 4.78 is 0. The van der Waals surface area contributed by atoms with Crippen LogP contribution in [-0.4, -0.2) is 31.6 Å². The summed E-state index contributed by atoms with van der Waals surface area (Å²) in [6.45, 7) is 3.65. The highest BCUT2D eigenvalue weighted by Gasteiger charge is 2.37. The normalized spacial score (nSPS) is 33.3. The van der Waals surface area contributed by atoms with Crippen LogP contribution in [0, 0.1) is 11.8 Å². The molecule has 0 amide bonds. The largest absolute Gasteiger partial charge is 0.312 e. The van der Waals surface area contributed by atoms with E-state index in [1.54, 1.807) is 0 Å². The van der Waals surface area contributed by atoms with Gasteiger partial charge in [0.15, 0.2) is 0 Å². The smallest absolute Gasteiger partial charge is 0.0478 e. The molecule has 4 atom stereocenters. The second-order valence-electron chi connectivity index (χ2n) is 6.48. The van der Waals surface area contributed by atoms with E-state index in [0.29, 0.717) is 12.1 Å². The molecule has 3 rings (SSSR count). The number of fused-ring (bicyclic) bond motifs is 1. The first-order valence-corrected chi connectivity index (χ1v) is 7.66. The van der Waals surface area contributed by atoms with Gasteiger partial charge in [-0.2, -0.15) is 0 Å². The summed E-state index contributed by atoms with van der Waals surface area (Å²) in [5.41, 5.74) is 3.04. The molecule has 1 saturated carbocycles. The minimum absolute atomic E-state index is 0.490. The van der Waals surface area contributed by atoms with E-state index in [1.165, 1.54) is 36.9 Å². The van der Waals surface area contributed by atoms with Gasteiger partial charge in [-0.25, -0.2) is 0 Å². The topological polar surface area (TPSA) is 15.3 Å². The number of rotatable bonds is 4. The second-order valence-corrected chi connectivity index (χ2v) is 6.48. The fourth-order valence-electron chi connectivity index (χ4n) is 3.72. The Morgan fingerprint density at radius 1 is 1.32 bits per heavy atom. The number of likely N-dealkylation sites (N-methyl/N-ethyl adjacent to an activating group) is 2. The van der Waals surface area contributed by atoms with Crippen LogP contribution in [0.25, 0.3) is 0 Å². The summed E-state index contributed by atoms with van der Waals surface area (Å²) in [6.07, 6.45) is 3.93. The molecule has 0 saturated heterocycles. The molecule has 2 aliphatic rings. The van der Waals surface area contributed by atoms with Crippen molar-refractivity contribution in [2.45, 2.75) is 38.3 Å². The summed E-state index contributed by atoms with van der Waals surface area (Å²) in [4.78, 5) is 2.60. The number of nitrogens with zero attached hydrogens (tertiary/aromatic N) is 1. The van der Waals surface area contributed by atoms with E-state index < -0.39 is 0 Å². The lowest BCUT2D eigenvalue weighted by Crippen LogP contribution is -2.45. The van der Waals surface area contributed by atoms with E-state index in [1.807, 2.05) is 0 Å². The van der Waals surface area contributed by atoms with Crippen LogP contribution in [0.1, 0.15) is 36.9 Å². The molecule has 2 nitrogen and oxygen atoms in total. The minimum Gasteiger partial charge on any atom is -0.312 e. The predicted molar refractivity (Wildman–Crippen MR) is 80.3 cm³/mol. The van der Waals surface area contributed by atoms with Crippen LogP contribution in [0.15, 0.2) is 24.3 Å². The van der Waals surface area contributed by atoms with Crippen molar-refractivity contribution in [1.29, 1.82) is 0 Å². The van der Waals surface area contributed by atoms with Gasteiger partial charge in [0.2, 0.25) is 0 Å². The zero-order chi connectivity index (χ0) is 13.4. The van der Waals surface area contributed by atoms with E-state index in [9.17, 15) is 0 Å². The van der Waals surface area contributed by atoms with Gasteiger partial charge in [-0.1, -0.05) is 31.2 Å². The molecule has 1 aromatic carbocycles. The Hall–Kier alpha value is -0.860. The van der Waals surface area contributed by atoms with Crippen molar-refractivity contribution in [2.75, 3.05) is 20.6 Å². The van der Waals surface area contributed by atoms with Crippen molar-refractivity contribution in [3.05, 3.63) is 35.4 Å². The summed E-state index contributed by atoms with van der Waals surface area (Å²) >= 11 is 0. The van der Waals surface area contributed by atoms with Crippen LogP contribution in [-0.2, 0) is 6.42 Å². The van der Waals surface area contributed by atoms with Gasteiger partial charge in [-0.3, -0.25) is 0 Å². The van der Waals surface area contributed by atoms with Crippen molar-refractivity contribution >= 4 is 0 Å². The number of hydrogen-bond donors (Lipinski definition) is 1. The second kappa shape index (κ2) is 5.26. The van der Waals surface area contributed by atoms with E-state index in [0.717, 1.165) is 11.8 Å². The molecule has 4 unspecified atom stereocenters. The Labute approximate surface area is 117 Å². The molecule has 1 N–H and O–H groups in total. The molecule has 1 fully saturated rings. The van der Waals surface area contributed by atoms with Gasteiger partial charge in [-0.05, 0) is 56.3 Å². The number of aryl methyl sites for hydroxylation is 1. The molecule has 0 heterocycles. The van der Waals surface area contributed by atoms with Gasteiger partial charge in [0.25, 0.3) is 0 Å². The van der Waals surface area contributed by atoms with Gasteiger partial charge < -0.3 is 10.2 Å². The first-order valence-electron chi connectivity index (χ1n) is 7.66. The van der Waals surface area contributed by atoms with Crippen LogP contribution >= 0.6 is 0 Å². The fraction of sp³-hybridized carbons (Fsp3) is 0.647. The lowest BCUT2D eigenvalue weighted by molar-refractivity contribution is 0.169. The van der Waals surface area contributed by atoms with E-state index >= 15 is 0 Å². The van der Waals surface area contributed by atoms with Crippen LogP contribution < -0.4 is 5.32 Å². The minimum atomic E-state index is 0.490. The number of hydrogen-bond acceptors (Lipinski definition) is 2. The molecular formula is C17H26N2. The Morgan fingerprint density at radius 2 is 2.05 bits per heavy atom. The van der Waals surface area contributed by atoms with Crippen LogP contribution in [0.5, 0.6) is 0 Å². The van der Waals surface area contributed by atoms with Gasteiger partial charge >= 0.3 is 0 Å². The predicted octanol–water partition coefficient (Wildman–Crippen LogP) is 2.85. The zero-order valence-corrected chi connectivity index (χ0v) is 12.4. The third-order valence-electron chi connectivity index (χ3n) is 5.16. The van der Waals surface area contributed by atoms with Gasteiger partial charge in [0.1, 0.15) is 0 Å². The van der Waals surface area contributed by atoms with Gasteiger partial charge in [-0.15, -0.1) is 0 Å². The Balaban J connectivity index is 1.75. The number of nitrogens with one attached hydrogen (secondary N) is 1. The summed E-state index contributed by atoms with van der Waals surface area (Å²) in [5, 5.41) is 3.55. The summed E-state index contributed by atoms with van der Waals surface area (Å²) in [7, 11) is 4.42. The highest BCUT2D eigenvalue weighted by molar-refractivity contribution is 5.33. The Kier molecular flexibility index (Phi) is 3.64. The molecule has 104 valence electrons. The van der Waals surface area contributed by atoms with Gasteiger partial charge in [0.05, 0.1) is 0 Å². The maximum atomic E-state index is 3.55. The molecule has 2 aliphatic carbocycles. The molecule has 19 heavy (non-hydrogen) atoms. The molecule has 0 radical (unpaired) electrons. The third-order valence-corrected chi connectivity index (χ3v) is 5.16. The van der Waals surface area contributed by atoms with Gasteiger partial charge in [0, 0.05) is 18.6 Å². The molecular weight excluding hydrogens is 232 g/mol. The SMILES string of the molecule is CNC1c2ccccc2CCC1N(C)CC1CC1C. The quantitative estimate of drug-likeness (QED) is 0.893. The molecule has 0 bridgehead atoms. The fourth-order valence-corrected chi connectivity index (χ4v) is 3.72. The third kappa shape index (κ3) is 2.56. The van der Waals surface area contributed by atoms with E-state index in [4.69, 9.17) is 0 Å². The molecule has 0 spiro atoms. The van der Waals surface area contributed by atoms with Crippen molar-refractivity contribution in [3.8, 4) is 0 Å². The van der Waals surface area contributed by atoms with Crippen LogP contribution in [0.3, 0.4) is 0 Å². The van der Waals surface area contributed by atoms with Crippen LogP contribution in [0.4, 0.5) is 0 Å². The highest BCUT2D eigenvalue weighted by atomic mass is 15.2. The molecule has 1 aromatic rings. The van der Waals surface area contributed by atoms with Crippen molar-refractivity contribution in [3.63, 3.8) is 0 Å². The standard InChI is InChI=1S/C17H26N2/c1-12-10-14(12)11-19(3)16-9-8-13-6-4-5-7-15(13)17(16)18-2/h4-7,12,14,16-18H,8-11H2,1-3H3. The first-order chi connectivity index (χ1) is 9.20. The maximum absolute atomic E-state index is 3.55. The molecule has 0 aromatic heterocycles.